The third kappa shape index (κ3) is 2.17. The number of aryl methyl sites for hydroxylation is 1. The van der Waals surface area contributed by atoms with Crippen LogP contribution in [-0.2, 0) is 6.42 Å². The number of nitrogens with zero attached hydrogens (tertiary/aromatic N) is 2. The first-order chi connectivity index (χ1) is 9.28. The third-order valence-electron chi connectivity index (χ3n) is 3.04. The van der Waals surface area contributed by atoms with Crippen LogP contribution < -0.4 is 0 Å². The third-order valence-corrected chi connectivity index (χ3v) is 3.04. The van der Waals surface area contributed by atoms with Crippen molar-refractivity contribution in [3.05, 3.63) is 42.2 Å². The monoisotopic (exact) mass is 254 g/mol. The van der Waals surface area contributed by atoms with Gasteiger partial charge in [-0.25, -0.2) is 0 Å². The van der Waals surface area contributed by atoms with Crippen LogP contribution in [0.3, 0.4) is 0 Å². The van der Waals surface area contributed by atoms with Crippen molar-refractivity contribution >= 4 is 10.8 Å². The highest BCUT2D eigenvalue weighted by Crippen LogP contribution is 2.32. The first-order valence-electron chi connectivity index (χ1n) is 6.32. The van der Waals surface area contributed by atoms with E-state index < -0.39 is 0 Å². The lowest BCUT2D eigenvalue weighted by molar-refractivity contribution is 0.417. The standard InChI is InChI=1S/C15H14N2O2/c1-2-5-14-16-15(19-17-14)12-8-10-6-3-4-7-11(10)9-13(12)18/h3-4,6-9,18H,2,5H2,1H3. The van der Waals surface area contributed by atoms with Crippen LogP contribution in [-0.4, -0.2) is 15.2 Å². The molecule has 0 bridgehead atoms. The Labute approximate surface area is 110 Å². The molecular weight excluding hydrogens is 240 g/mol. The summed E-state index contributed by atoms with van der Waals surface area (Å²) in [4.78, 5) is 4.30. The summed E-state index contributed by atoms with van der Waals surface area (Å²) in [5, 5.41) is 16.0. The van der Waals surface area contributed by atoms with E-state index in [1.165, 1.54) is 0 Å². The normalized spacial score (nSPS) is 11.0. The average Bonchev–Trinajstić information content (AvgIpc) is 2.87. The summed E-state index contributed by atoms with van der Waals surface area (Å²) in [6, 6.07) is 11.4. The van der Waals surface area contributed by atoms with Crippen LogP contribution in [0.15, 0.2) is 40.9 Å². The van der Waals surface area contributed by atoms with Gasteiger partial charge in [-0.1, -0.05) is 36.3 Å². The van der Waals surface area contributed by atoms with E-state index in [-0.39, 0.29) is 5.75 Å². The maximum Gasteiger partial charge on any atom is 0.261 e. The molecule has 3 rings (SSSR count). The first-order valence-corrected chi connectivity index (χ1v) is 6.32. The molecule has 0 spiro atoms. The average molecular weight is 254 g/mol. The molecule has 0 aliphatic heterocycles. The Hall–Kier alpha value is -2.36. The van der Waals surface area contributed by atoms with Gasteiger partial charge in [-0.15, -0.1) is 0 Å². The number of phenolic OH excluding ortho intramolecular Hbond substituents is 1. The summed E-state index contributed by atoms with van der Waals surface area (Å²) in [5.41, 5.74) is 0.577. The highest BCUT2D eigenvalue weighted by molar-refractivity contribution is 5.89. The Bertz CT molecular complexity index is 719. The van der Waals surface area contributed by atoms with Crippen molar-refractivity contribution in [2.24, 2.45) is 0 Å². The second-order valence-corrected chi connectivity index (χ2v) is 4.48. The van der Waals surface area contributed by atoms with E-state index in [4.69, 9.17) is 4.52 Å². The van der Waals surface area contributed by atoms with Crippen molar-refractivity contribution in [3.63, 3.8) is 0 Å². The summed E-state index contributed by atoms with van der Waals surface area (Å²) >= 11 is 0. The Morgan fingerprint density at radius 1 is 1.16 bits per heavy atom. The van der Waals surface area contributed by atoms with Crippen LogP contribution in [0.2, 0.25) is 0 Å². The van der Waals surface area contributed by atoms with Gasteiger partial charge in [0.25, 0.3) is 5.89 Å². The van der Waals surface area contributed by atoms with E-state index in [2.05, 4.69) is 17.1 Å². The molecule has 3 aromatic rings. The highest BCUT2D eigenvalue weighted by Gasteiger charge is 2.13. The lowest BCUT2D eigenvalue weighted by Crippen LogP contribution is -1.86. The lowest BCUT2D eigenvalue weighted by atomic mass is 10.1. The SMILES string of the molecule is CCCc1noc(-c2cc3ccccc3cc2O)n1. The van der Waals surface area contributed by atoms with Crippen molar-refractivity contribution in [1.82, 2.24) is 10.1 Å². The lowest BCUT2D eigenvalue weighted by Gasteiger charge is -2.02. The smallest absolute Gasteiger partial charge is 0.261 e. The van der Waals surface area contributed by atoms with Gasteiger partial charge in [-0.3, -0.25) is 0 Å². The van der Waals surface area contributed by atoms with Gasteiger partial charge in [-0.05, 0) is 29.3 Å². The molecule has 4 heteroatoms. The van der Waals surface area contributed by atoms with Gasteiger partial charge in [0.1, 0.15) is 5.75 Å². The minimum atomic E-state index is 0.158. The molecule has 2 aromatic carbocycles. The van der Waals surface area contributed by atoms with Crippen LogP contribution in [0.25, 0.3) is 22.2 Å². The van der Waals surface area contributed by atoms with Crippen LogP contribution in [0, 0.1) is 0 Å². The maximum atomic E-state index is 10.1. The fourth-order valence-electron chi connectivity index (χ4n) is 2.09. The molecule has 0 saturated heterocycles. The van der Waals surface area contributed by atoms with Gasteiger partial charge in [0, 0.05) is 6.42 Å². The van der Waals surface area contributed by atoms with E-state index in [0.717, 1.165) is 23.6 Å². The van der Waals surface area contributed by atoms with Crippen molar-refractivity contribution in [2.45, 2.75) is 19.8 Å². The molecule has 0 fully saturated rings. The second kappa shape index (κ2) is 4.72. The zero-order valence-corrected chi connectivity index (χ0v) is 10.6. The van der Waals surface area contributed by atoms with Crippen molar-refractivity contribution in [1.29, 1.82) is 0 Å². The van der Waals surface area contributed by atoms with Crippen molar-refractivity contribution in [2.75, 3.05) is 0 Å². The largest absolute Gasteiger partial charge is 0.507 e. The van der Waals surface area contributed by atoms with Crippen LogP contribution in [0.4, 0.5) is 0 Å². The fourth-order valence-corrected chi connectivity index (χ4v) is 2.09. The number of phenols is 1. The molecule has 1 heterocycles. The molecule has 0 aliphatic rings. The molecule has 0 atom stereocenters. The fraction of sp³-hybridized carbons (Fsp3) is 0.200. The number of aromatic hydroxyl groups is 1. The summed E-state index contributed by atoms with van der Waals surface area (Å²) in [6.07, 6.45) is 1.74. The zero-order valence-electron chi connectivity index (χ0n) is 10.6. The number of fused-ring (bicyclic) bond motifs is 1. The zero-order chi connectivity index (χ0) is 13.2. The molecule has 0 unspecified atom stereocenters. The quantitative estimate of drug-likeness (QED) is 0.776. The van der Waals surface area contributed by atoms with E-state index in [9.17, 15) is 5.11 Å². The van der Waals surface area contributed by atoms with E-state index in [1.807, 2.05) is 30.3 Å². The number of aromatic nitrogens is 2. The van der Waals surface area contributed by atoms with Crippen LogP contribution in [0.5, 0.6) is 5.75 Å². The summed E-state index contributed by atoms with van der Waals surface area (Å²) in [6.45, 7) is 2.06. The minimum Gasteiger partial charge on any atom is -0.507 e. The molecular formula is C15H14N2O2. The highest BCUT2D eigenvalue weighted by atomic mass is 16.5. The molecule has 1 N–H and O–H groups in total. The minimum absolute atomic E-state index is 0.158. The van der Waals surface area contributed by atoms with Crippen molar-refractivity contribution < 1.29 is 9.63 Å². The molecule has 0 aliphatic carbocycles. The van der Waals surface area contributed by atoms with Crippen LogP contribution >= 0.6 is 0 Å². The van der Waals surface area contributed by atoms with Gasteiger partial charge < -0.3 is 9.63 Å². The predicted molar refractivity (Wildman–Crippen MR) is 72.9 cm³/mol. The Morgan fingerprint density at radius 3 is 2.63 bits per heavy atom. The second-order valence-electron chi connectivity index (χ2n) is 4.48. The van der Waals surface area contributed by atoms with Gasteiger partial charge in [0.2, 0.25) is 0 Å². The number of rotatable bonds is 3. The molecule has 1 aromatic heterocycles. The number of hydrogen-bond donors (Lipinski definition) is 1. The Kier molecular flexibility index (Phi) is 2.91. The van der Waals surface area contributed by atoms with Gasteiger partial charge in [0.15, 0.2) is 5.82 Å². The summed E-state index contributed by atoms with van der Waals surface area (Å²) in [5.74, 6) is 1.20. The van der Waals surface area contributed by atoms with Crippen LogP contribution in [0.1, 0.15) is 19.2 Å². The molecule has 0 saturated carbocycles. The maximum absolute atomic E-state index is 10.1. The topological polar surface area (TPSA) is 59.2 Å². The van der Waals surface area contributed by atoms with Gasteiger partial charge >= 0.3 is 0 Å². The predicted octanol–water partition coefficient (Wildman–Crippen LogP) is 3.55. The van der Waals surface area contributed by atoms with Gasteiger partial charge in [-0.2, -0.15) is 4.98 Å². The van der Waals surface area contributed by atoms with E-state index >= 15 is 0 Å². The van der Waals surface area contributed by atoms with Crippen molar-refractivity contribution in [3.8, 4) is 17.2 Å². The molecule has 19 heavy (non-hydrogen) atoms. The molecule has 0 radical (unpaired) electrons. The molecule has 4 nitrogen and oxygen atoms in total. The van der Waals surface area contributed by atoms with Gasteiger partial charge in [0.05, 0.1) is 5.56 Å². The number of benzene rings is 2. The van der Waals surface area contributed by atoms with E-state index in [1.54, 1.807) is 6.07 Å². The molecule has 0 amide bonds. The number of hydrogen-bond acceptors (Lipinski definition) is 4. The van der Waals surface area contributed by atoms with E-state index in [0.29, 0.717) is 17.3 Å². The first kappa shape index (κ1) is 11.7. The summed E-state index contributed by atoms with van der Waals surface area (Å²) < 4.78 is 5.21. The Balaban J connectivity index is 2.10. The Morgan fingerprint density at radius 2 is 1.89 bits per heavy atom. The molecule has 96 valence electrons. The summed E-state index contributed by atoms with van der Waals surface area (Å²) in [7, 11) is 0.